The average Bonchev–Trinajstić information content (AvgIpc) is 2.79. The third-order valence-corrected chi connectivity index (χ3v) is 2.74. The Morgan fingerprint density at radius 3 is 3.06 bits per heavy atom. The van der Waals surface area contributed by atoms with Crippen molar-refractivity contribution in [3.8, 4) is 0 Å². The fourth-order valence-electron chi connectivity index (χ4n) is 1.56. The molecule has 0 radical (unpaired) electrons. The zero-order chi connectivity index (χ0) is 11.2. The Morgan fingerprint density at radius 1 is 1.50 bits per heavy atom. The Bertz CT molecular complexity index is 532. The Balaban J connectivity index is 1.92. The van der Waals surface area contributed by atoms with Crippen molar-refractivity contribution in [1.82, 2.24) is 20.2 Å². The molecule has 16 heavy (non-hydrogen) atoms. The van der Waals surface area contributed by atoms with Gasteiger partial charge < -0.3 is 16.2 Å². The number of hydrogen-bond donors (Lipinski definition) is 4. The monoisotopic (exact) mass is 220 g/mol. The van der Waals surface area contributed by atoms with Gasteiger partial charge in [0.25, 0.3) is 0 Å². The lowest BCUT2D eigenvalue weighted by Crippen LogP contribution is -2.21. The fraction of sp³-hybridized carbons (Fsp3) is 0.444. The summed E-state index contributed by atoms with van der Waals surface area (Å²) in [6.45, 7) is 0.476. The van der Waals surface area contributed by atoms with E-state index in [1.807, 2.05) is 0 Å². The molecule has 0 amide bonds. The first-order valence-electron chi connectivity index (χ1n) is 5.09. The molecule has 0 atom stereocenters. The molecular formula is C9H12N6O. The van der Waals surface area contributed by atoms with E-state index in [0.29, 0.717) is 18.0 Å². The summed E-state index contributed by atoms with van der Waals surface area (Å²) in [4.78, 5) is 8.09. The van der Waals surface area contributed by atoms with Crippen LogP contribution in [0.25, 0.3) is 11.0 Å². The predicted molar refractivity (Wildman–Crippen MR) is 58.8 cm³/mol. The zero-order valence-corrected chi connectivity index (χ0v) is 8.56. The molecule has 0 unspecified atom stereocenters. The molecule has 5 N–H and O–H groups in total. The van der Waals surface area contributed by atoms with Gasteiger partial charge in [0.05, 0.1) is 17.2 Å². The summed E-state index contributed by atoms with van der Waals surface area (Å²) in [6.07, 6.45) is 3.29. The maximum Gasteiger partial charge on any atom is 0.224 e. The van der Waals surface area contributed by atoms with E-state index in [-0.39, 0.29) is 5.95 Å². The quantitative estimate of drug-likeness (QED) is 0.573. The molecule has 2 aromatic rings. The van der Waals surface area contributed by atoms with Gasteiger partial charge in [0.1, 0.15) is 5.82 Å². The van der Waals surface area contributed by atoms with Crippen molar-refractivity contribution < 1.29 is 5.11 Å². The second kappa shape index (κ2) is 3.05. The number of fused-ring (bicyclic) bond motifs is 1. The summed E-state index contributed by atoms with van der Waals surface area (Å²) >= 11 is 0. The van der Waals surface area contributed by atoms with E-state index >= 15 is 0 Å². The number of nitrogens with two attached hydrogens (primary N) is 1. The molecule has 0 spiro atoms. The number of nitrogens with one attached hydrogen (secondary N) is 2. The van der Waals surface area contributed by atoms with Gasteiger partial charge in [-0.25, -0.2) is 0 Å². The third-order valence-electron chi connectivity index (χ3n) is 2.74. The molecule has 0 aromatic carbocycles. The van der Waals surface area contributed by atoms with Crippen LogP contribution >= 0.6 is 0 Å². The number of anilines is 2. The van der Waals surface area contributed by atoms with Crippen LogP contribution in [0.4, 0.5) is 11.8 Å². The minimum Gasteiger partial charge on any atom is -0.388 e. The Kier molecular flexibility index (Phi) is 1.78. The normalized spacial score (nSPS) is 17.6. The van der Waals surface area contributed by atoms with Crippen molar-refractivity contribution in [2.24, 2.45) is 0 Å². The largest absolute Gasteiger partial charge is 0.388 e. The van der Waals surface area contributed by atoms with Gasteiger partial charge in [-0.2, -0.15) is 15.1 Å². The smallest absolute Gasteiger partial charge is 0.224 e. The van der Waals surface area contributed by atoms with Crippen molar-refractivity contribution in [1.29, 1.82) is 0 Å². The highest BCUT2D eigenvalue weighted by Crippen LogP contribution is 2.35. The van der Waals surface area contributed by atoms with E-state index in [4.69, 9.17) is 5.73 Å². The number of aromatic nitrogens is 4. The second-order valence-electron chi connectivity index (χ2n) is 4.14. The van der Waals surface area contributed by atoms with Crippen LogP contribution in [-0.4, -0.2) is 37.4 Å². The molecule has 0 aliphatic heterocycles. The van der Waals surface area contributed by atoms with Crippen molar-refractivity contribution in [2.45, 2.75) is 18.4 Å². The van der Waals surface area contributed by atoms with Crippen LogP contribution in [-0.2, 0) is 0 Å². The van der Waals surface area contributed by atoms with E-state index in [1.54, 1.807) is 6.20 Å². The minimum atomic E-state index is -0.574. The van der Waals surface area contributed by atoms with Crippen LogP contribution in [0.2, 0.25) is 0 Å². The number of aliphatic hydroxyl groups is 1. The summed E-state index contributed by atoms with van der Waals surface area (Å²) in [5, 5.41) is 20.2. The molecule has 0 bridgehead atoms. The van der Waals surface area contributed by atoms with E-state index in [9.17, 15) is 5.11 Å². The van der Waals surface area contributed by atoms with Crippen LogP contribution in [0.3, 0.4) is 0 Å². The second-order valence-corrected chi connectivity index (χ2v) is 4.14. The number of aromatic amines is 1. The highest BCUT2D eigenvalue weighted by molar-refractivity contribution is 5.86. The zero-order valence-electron chi connectivity index (χ0n) is 8.56. The summed E-state index contributed by atoms with van der Waals surface area (Å²) in [5.74, 6) is 0.790. The molecule has 3 rings (SSSR count). The fourth-order valence-corrected chi connectivity index (χ4v) is 1.56. The van der Waals surface area contributed by atoms with E-state index in [2.05, 4.69) is 25.5 Å². The minimum absolute atomic E-state index is 0.182. The maximum atomic E-state index is 9.72. The molecule has 1 saturated carbocycles. The summed E-state index contributed by atoms with van der Waals surface area (Å²) < 4.78 is 0. The van der Waals surface area contributed by atoms with Crippen molar-refractivity contribution in [2.75, 3.05) is 17.6 Å². The SMILES string of the molecule is Nc1nc(NCC2(O)CC2)c2cn[nH]c2n1. The lowest BCUT2D eigenvalue weighted by Gasteiger charge is -2.10. The van der Waals surface area contributed by atoms with Crippen LogP contribution in [0.15, 0.2) is 6.20 Å². The van der Waals surface area contributed by atoms with Gasteiger partial charge in [0.15, 0.2) is 5.65 Å². The lowest BCUT2D eigenvalue weighted by molar-refractivity contribution is 0.164. The van der Waals surface area contributed by atoms with Crippen molar-refractivity contribution >= 4 is 22.8 Å². The highest BCUT2D eigenvalue weighted by atomic mass is 16.3. The van der Waals surface area contributed by atoms with Gasteiger partial charge in [-0.05, 0) is 12.8 Å². The highest BCUT2D eigenvalue weighted by Gasteiger charge is 2.40. The van der Waals surface area contributed by atoms with Gasteiger partial charge in [0, 0.05) is 6.54 Å². The van der Waals surface area contributed by atoms with Gasteiger partial charge in [0.2, 0.25) is 5.95 Å². The van der Waals surface area contributed by atoms with Crippen LogP contribution in [0, 0.1) is 0 Å². The molecule has 2 heterocycles. The molecule has 1 aliphatic rings. The van der Waals surface area contributed by atoms with E-state index < -0.39 is 5.60 Å². The van der Waals surface area contributed by atoms with Crippen LogP contribution in [0.5, 0.6) is 0 Å². The van der Waals surface area contributed by atoms with Crippen LogP contribution in [0.1, 0.15) is 12.8 Å². The average molecular weight is 220 g/mol. The molecule has 84 valence electrons. The number of H-pyrrole nitrogens is 1. The third kappa shape index (κ3) is 1.54. The number of nitrogens with zero attached hydrogens (tertiary/aromatic N) is 3. The Labute approximate surface area is 91.1 Å². The first kappa shape index (κ1) is 9.34. The Morgan fingerprint density at radius 2 is 2.31 bits per heavy atom. The predicted octanol–water partition coefficient (Wildman–Crippen LogP) is -0.128. The van der Waals surface area contributed by atoms with Gasteiger partial charge in [-0.3, -0.25) is 5.10 Å². The van der Waals surface area contributed by atoms with Gasteiger partial charge >= 0.3 is 0 Å². The number of hydrogen-bond acceptors (Lipinski definition) is 6. The molecule has 1 aliphatic carbocycles. The Hall–Kier alpha value is -1.89. The first-order chi connectivity index (χ1) is 7.66. The topological polar surface area (TPSA) is 113 Å². The summed E-state index contributed by atoms with van der Waals surface area (Å²) in [6, 6.07) is 0. The first-order valence-corrected chi connectivity index (χ1v) is 5.09. The molecule has 7 nitrogen and oxygen atoms in total. The van der Waals surface area contributed by atoms with Gasteiger partial charge in [-0.15, -0.1) is 0 Å². The summed E-state index contributed by atoms with van der Waals surface area (Å²) in [7, 11) is 0. The van der Waals surface area contributed by atoms with E-state index in [1.165, 1.54) is 0 Å². The summed E-state index contributed by atoms with van der Waals surface area (Å²) in [5.41, 5.74) is 5.59. The molecule has 2 aromatic heterocycles. The molecular weight excluding hydrogens is 208 g/mol. The molecule has 1 fully saturated rings. The van der Waals surface area contributed by atoms with Crippen molar-refractivity contribution in [3.63, 3.8) is 0 Å². The molecule has 0 saturated heterocycles. The van der Waals surface area contributed by atoms with Gasteiger partial charge in [-0.1, -0.05) is 0 Å². The van der Waals surface area contributed by atoms with Crippen molar-refractivity contribution in [3.05, 3.63) is 6.20 Å². The lowest BCUT2D eigenvalue weighted by atomic mass is 10.3. The molecule has 7 heteroatoms. The maximum absolute atomic E-state index is 9.72. The van der Waals surface area contributed by atoms with E-state index in [0.717, 1.165) is 18.2 Å². The number of rotatable bonds is 3. The van der Waals surface area contributed by atoms with Crippen LogP contribution < -0.4 is 11.1 Å². The standard InChI is InChI=1S/C9H12N6O/c10-8-13-6(11-4-9(16)1-2-9)5-3-12-15-7(5)14-8/h3,16H,1-2,4H2,(H4,10,11,12,13,14,15). The number of nitrogen functional groups attached to an aromatic ring is 1.